The third kappa shape index (κ3) is 2.20. The number of carbonyl (C=O) groups is 1. The van der Waals surface area contributed by atoms with Crippen LogP contribution in [0.25, 0.3) is 0 Å². The van der Waals surface area contributed by atoms with Crippen LogP contribution in [0.3, 0.4) is 0 Å². The maximum atomic E-state index is 11.6. The zero-order chi connectivity index (χ0) is 13.1. The van der Waals surface area contributed by atoms with Crippen molar-refractivity contribution in [1.29, 1.82) is 0 Å². The van der Waals surface area contributed by atoms with Gasteiger partial charge in [-0.1, -0.05) is 0 Å². The minimum atomic E-state index is 0.154. The smallest absolute Gasteiger partial charge is 0.217 e. The molecule has 0 heterocycles. The van der Waals surface area contributed by atoms with Gasteiger partial charge in [-0.25, -0.2) is 0 Å². The third-order valence-electron chi connectivity index (χ3n) is 5.97. The Labute approximate surface area is 115 Å². The van der Waals surface area contributed by atoms with Crippen molar-refractivity contribution in [3.63, 3.8) is 0 Å². The molecular formula is C16H26N2O. The summed E-state index contributed by atoms with van der Waals surface area (Å²) in [5, 5.41) is 7.12. The van der Waals surface area contributed by atoms with Crippen LogP contribution in [0.1, 0.15) is 58.3 Å². The summed E-state index contributed by atoms with van der Waals surface area (Å²) in [5.74, 6) is 1.91. The maximum Gasteiger partial charge on any atom is 0.217 e. The van der Waals surface area contributed by atoms with Gasteiger partial charge >= 0.3 is 0 Å². The van der Waals surface area contributed by atoms with Crippen LogP contribution in [0, 0.1) is 17.3 Å². The molecule has 0 aromatic rings. The van der Waals surface area contributed by atoms with Crippen molar-refractivity contribution in [3.8, 4) is 0 Å². The van der Waals surface area contributed by atoms with Crippen LogP contribution in [-0.2, 0) is 4.79 Å². The zero-order valence-corrected chi connectivity index (χ0v) is 12.0. The molecule has 4 bridgehead atoms. The molecule has 0 saturated heterocycles. The van der Waals surface area contributed by atoms with E-state index in [0.29, 0.717) is 5.41 Å². The largest absolute Gasteiger partial charge is 0.351 e. The Morgan fingerprint density at radius 1 is 1.16 bits per heavy atom. The van der Waals surface area contributed by atoms with Gasteiger partial charge in [0.25, 0.3) is 0 Å². The molecule has 5 aliphatic carbocycles. The van der Waals surface area contributed by atoms with Gasteiger partial charge in [-0.15, -0.1) is 0 Å². The molecule has 5 saturated carbocycles. The molecule has 1 amide bonds. The summed E-state index contributed by atoms with van der Waals surface area (Å²) in [6, 6.07) is 0.810. The van der Waals surface area contributed by atoms with Gasteiger partial charge in [0.15, 0.2) is 0 Å². The molecule has 19 heavy (non-hydrogen) atoms. The molecule has 2 unspecified atom stereocenters. The van der Waals surface area contributed by atoms with E-state index in [4.69, 9.17) is 0 Å². The number of carbonyl (C=O) groups excluding carboxylic acids is 1. The van der Waals surface area contributed by atoms with Gasteiger partial charge in [0.1, 0.15) is 0 Å². The summed E-state index contributed by atoms with van der Waals surface area (Å²) in [4.78, 5) is 11.6. The Morgan fingerprint density at radius 2 is 1.84 bits per heavy atom. The predicted octanol–water partition coefficient (Wildman–Crippen LogP) is 2.21. The van der Waals surface area contributed by atoms with Gasteiger partial charge in [0.05, 0.1) is 0 Å². The quantitative estimate of drug-likeness (QED) is 0.815. The topological polar surface area (TPSA) is 41.1 Å². The lowest BCUT2D eigenvalue weighted by atomic mass is 9.47. The van der Waals surface area contributed by atoms with E-state index in [0.717, 1.165) is 17.9 Å². The highest BCUT2D eigenvalue weighted by atomic mass is 16.1. The molecule has 106 valence electrons. The van der Waals surface area contributed by atoms with E-state index in [9.17, 15) is 4.79 Å². The van der Waals surface area contributed by atoms with Crippen LogP contribution in [0.5, 0.6) is 0 Å². The molecule has 0 aliphatic heterocycles. The second kappa shape index (κ2) is 3.97. The van der Waals surface area contributed by atoms with E-state index < -0.39 is 0 Å². The molecule has 3 heteroatoms. The maximum absolute atomic E-state index is 11.6. The minimum absolute atomic E-state index is 0.154. The zero-order valence-electron chi connectivity index (χ0n) is 12.0. The number of nitrogens with one attached hydrogen (secondary N) is 2. The second-order valence-electron chi connectivity index (χ2n) is 8.08. The summed E-state index contributed by atoms with van der Waals surface area (Å²) in [6.07, 6.45) is 10.7. The van der Waals surface area contributed by atoms with Gasteiger partial charge in [-0.2, -0.15) is 0 Å². The molecule has 3 nitrogen and oxygen atoms in total. The number of amides is 1. The predicted molar refractivity (Wildman–Crippen MR) is 74.7 cm³/mol. The van der Waals surface area contributed by atoms with Crippen LogP contribution in [0.15, 0.2) is 0 Å². The number of hydrogen-bond acceptors (Lipinski definition) is 2. The SMILES string of the molecule is CC(=O)NC12CC3CC(CC(CNC4CC4)(C3)C1)C2. The average molecular weight is 262 g/mol. The first-order valence-corrected chi connectivity index (χ1v) is 8.09. The first-order chi connectivity index (χ1) is 9.07. The molecule has 0 radical (unpaired) electrons. The molecule has 2 N–H and O–H groups in total. The van der Waals surface area contributed by atoms with Crippen molar-refractivity contribution >= 4 is 5.91 Å². The number of rotatable bonds is 4. The number of hydrogen-bond donors (Lipinski definition) is 2. The lowest BCUT2D eigenvalue weighted by Gasteiger charge is -2.62. The van der Waals surface area contributed by atoms with Crippen molar-refractivity contribution < 1.29 is 4.79 Å². The van der Waals surface area contributed by atoms with Gasteiger partial charge in [0, 0.05) is 25.0 Å². The van der Waals surface area contributed by atoms with Crippen molar-refractivity contribution in [3.05, 3.63) is 0 Å². The van der Waals surface area contributed by atoms with Crippen LogP contribution in [0.4, 0.5) is 0 Å². The van der Waals surface area contributed by atoms with E-state index in [-0.39, 0.29) is 11.4 Å². The van der Waals surface area contributed by atoms with Crippen molar-refractivity contribution in [2.75, 3.05) is 6.54 Å². The van der Waals surface area contributed by atoms with E-state index >= 15 is 0 Å². The van der Waals surface area contributed by atoms with E-state index in [1.54, 1.807) is 6.92 Å². The van der Waals surface area contributed by atoms with Crippen molar-refractivity contribution in [1.82, 2.24) is 10.6 Å². The van der Waals surface area contributed by atoms with Crippen LogP contribution < -0.4 is 10.6 Å². The van der Waals surface area contributed by atoms with E-state index in [2.05, 4.69) is 10.6 Å². The molecule has 2 atom stereocenters. The van der Waals surface area contributed by atoms with E-state index in [1.165, 1.54) is 57.9 Å². The van der Waals surface area contributed by atoms with Gasteiger partial charge in [-0.3, -0.25) is 4.79 Å². The molecule has 5 aliphatic rings. The summed E-state index contributed by atoms with van der Waals surface area (Å²) in [7, 11) is 0. The summed E-state index contributed by atoms with van der Waals surface area (Å²) < 4.78 is 0. The monoisotopic (exact) mass is 262 g/mol. The Bertz CT molecular complexity index is 388. The Morgan fingerprint density at radius 3 is 2.42 bits per heavy atom. The standard InChI is InChI=1S/C16H26N2O/c1-11(19)18-16-7-12-4-13(8-16)6-15(5-12,9-16)10-17-14-2-3-14/h12-14,17H,2-10H2,1H3,(H,18,19). The normalized spacial score (nSPS) is 47.4. The van der Waals surface area contributed by atoms with Crippen LogP contribution in [0.2, 0.25) is 0 Å². The fraction of sp³-hybridized carbons (Fsp3) is 0.938. The van der Waals surface area contributed by atoms with Crippen LogP contribution >= 0.6 is 0 Å². The highest BCUT2D eigenvalue weighted by Gasteiger charge is 2.57. The first kappa shape index (κ1) is 12.2. The van der Waals surface area contributed by atoms with Gasteiger partial charge in [-0.05, 0) is 68.6 Å². The Kier molecular flexibility index (Phi) is 2.55. The Hall–Kier alpha value is -0.570. The lowest BCUT2D eigenvalue weighted by molar-refractivity contribution is -0.129. The summed E-state index contributed by atoms with van der Waals surface area (Å²) in [5.41, 5.74) is 0.649. The average Bonchev–Trinajstić information content (AvgIpc) is 3.06. The third-order valence-corrected chi connectivity index (χ3v) is 5.97. The molecule has 5 rings (SSSR count). The lowest BCUT2D eigenvalue weighted by Crippen LogP contribution is -2.64. The summed E-state index contributed by atoms with van der Waals surface area (Å²) in [6.45, 7) is 2.89. The molecule has 5 fully saturated rings. The molecular weight excluding hydrogens is 236 g/mol. The van der Waals surface area contributed by atoms with Gasteiger partial charge in [0.2, 0.25) is 5.91 Å². The molecule has 0 aromatic carbocycles. The summed E-state index contributed by atoms with van der Waals surface area (Å²) >= 11 is 0. The van der Waals surface area contributed by atoms with Crippen LogP contribution in [-0.4, -0.2) is 24.0 Å². The van der Waals surface area contributed by atoms with Crippen molar-refractivity contribution in [2.24, 2.45) is 17.3 Å². The van der Waals surface area contributed by atoms with Gasteiger partial charge < -0.3 is 10.6 Å². The fourth-order valence-electron chi connectivity index (χ4n) is 5.83. The first-order valence-electron chi connectivity index (χ1n) is 8.09. The molecule has 0 aromatic heterocycles. The highest BCUT2D eigenvalue weighted by molar-refractivity contribution is 5.74. The van der Waals surface area contributed by atoms with Crippen molar-refractivity contribution in [2.45, 2.75) is 69.9 Å². The second-order valence-corrected chi connectivity index (χ2v) is 8.08. The van der Waals surface area contributed by atoms with E-state index in [1.807, 2.05) is 0 Å². The Balaban J connectivity index is 1.54. The highest BCUT2D eigenvalue weighted by Crippen LogP contribution is 2.61. The minimum Gasteiger partial charge on any atom is -0.351 e. The fourth-order valence-corrected chi connectivity index (χ4v) is 5.83. The molecule has 0 spiro atoms.